The Hall–Kier alpha value is -2.89. The van der Waals surface area contributed by atoms with Gasteiger partial charge in [0.1, 0.15) is 9.93 Å². The van der Waals surface area contributed by atoms with Crippen molar-refractivity contribution in [1.29, 1.82) is 5.26 Å². The molecule has 31 heavy (non-hydrogen) atoms. The molecule has 158 valence electrons. The fraction of sp³-hybridized carbons (Fsp3) is 0.261. The van der Waals surface area contributed by atoms with Gasteiger partial charge in [0.05, 0.1) is 28.7 Å². The predicted molar refractivity (Wildman–Crippen MR) is 130 cm³/mol. The van der Waals surface area contributed by atoms with Crippen molar-refractivity contribution in [2.75, 3.05) is 29.9 Å². The smallest absolute Gasteiger partial charge is 0.269 e. The van der Waals surface area contributed by atoms with Gasteiger partial charge in [-0.1, -0.05) is 23.9 Å². The van der Waals surface area contributed by atoms with Crippen LogP contribution < -0.4 is 10.2 Å². The number of nitrogens with zero attached hydrogens (tertiary/aromatic N) is 4. The highest BCUT2D eigenvalue weighted by atomic mass is 32.2. The van der Waals surface area contributed by atoms with Crippen molar-refractivity contribution in [1.82, 2.24) is 4.90 Å². The van der Waals surface area contributed by atoms with E-state index < -0.39 is 0 Å². The summed E-state index contributed by atoms with van der Waals surface area (Å²) in [6.45, 7) is 8.10. The molecule has 1 saturated heterocycles. The molecule has 0 radical (unpaired) electrons. The standard InChI is InChI=1S/C23H23N5OS2/c1-4-25-16-12-11-15(14-24)13-17(16)26-23-28(6-3)21(29)20(31-23)22-27(5-2)18-9-7-8-10-19(18)30-22/h7-13,25H,4-6H2,1-3H3. The van der Waals surface area contributed by atoms with Crippen LogP contribution in [0.2, 0.25) is 0 Å². The average Bonchev–Trinajstić information content (AvgIpc) is 3.31. The Labute approximate surface area is 191 Å². The second-order valence-corrected chi connectivity index (χ2v) is 8.88. The number of benzene rings is 2. The monoisotopic (exact) mass is 449 g/mol. The number of hydrogen-bond donors (Lipinski definition) is 1. The topological polar surface area (TPSA) is 71.7 Å². The Balaban J connectivity index is 1.77. The molecule has 1 amide bonds. The number of carbonyl (C=O) groups excluding carboxylic acids is 1. The zero-order valence-electron chi connectivity index (χ0n) is 17.7. The summed E-state index contributed by atoms with van der Waals surface area (Å²) in [5, 5.41) is 14.2. The fourth-order valence-corrected chi connectivity index (χ4v) is 6.00. The van der Waals surface area contributed by atoms with Gasteiger partial charge in [0, 0.05) is 24.5 Å². The van der Waals surface area contributed by atoms with Crippen LogP contribution in [0.1, 0.15) is 26.3 Å². The van der Waals surface area contributed by atoms with Crippen molar-refractivity contribution < 1.29 is 4.79 Å². The minimum Gasteiger partial charge on any atom is -0.384 e. The summed E-state index contributed by atoms with van der Waals surface area (Å²) in [7, 11) is 0. The van der Waals surface area contributed by atoms with Gasteiger partial charge in [-0.05, 0) is 62.9 Å². The first kappa shape index (κ1) is 21.3. The van der Waals surface area contributed by atoms with Crippen molar-refractivity contribution >= 4 is 51.7 Å². The van der Waals surface area contributed by atoms with Gasteiger partial charge in [0.25, 0.3) is 5.91 Å². The van der Waals surface area contributed by atoms with E-state index in [0.29, 0.717) is 27.9 Å². The number of para-hydroxylation sites is 1. The second-order valence-electron chi connectivity index (χ2n) is 6.87. The molecule has 2 aliphatic rings. The molecular weight excluding hydrogens is 426 g/mol. The molecule has 0 saturated carbocycles. The van der Waals surface area contributed by atoms with Crippen molar-refractivity contribution in [3.05, 3.63) is 58.0 Å². The number of thioether (sulfide) groups is 2. The van der Waals surface area contributed by atoms with Crippen LogP contribution in [0.3, 0.4) is 0 Å². The lowest BCUT2D eigenvalue weighted by molar-refractivity contribution is -0.122. The summed E-state index contributed by atoms with van der Waals surface area (Å²) >= 11 is 3.04. The van der Waals surface area contributed by atoms with Crippen molar-refractivity contribution in [2.24, 2.45) is 4.99 Å². The van der Waals surface area contributed by atoms with Crippen LogP contribution in [0.15, 0.2) is 62.3 Å². The number of anilines is 2. The number of aliphatic imine (C=N–C) groups is 1. The van der Waals surface area contributed by atoms with E-state index in [4.69, 9.17) is 4.99 Å². The van der Waals surface area contributed by atoms with Gasteiger partial charge in [-0.25, -0.2) is 4.99 Å². The first-order valence-electron chi connectivity index (χ1n) is 10.3. The van der Waals surface area contributed by atoms with Crippen LogP contribution >= 0.6 is 23.5 Å². The first-order valence-corrected chi connectivity index (χ1v) is 11.9. The Kier molecular flexibility index (Phi) is 6.25. The number of carbonyl (C=O) groups is 1. The van der Waals surface area contributed by atoms with E-state index in [2.05, 4.69) is 35.3 Å². The summed E-state index contributed by atoms with van der Waals surface area (Å²) in [5.74, 6) is -0.0264. The molecule has 8 heteroatoms. The number of nitrogens with one attached hydrogen (secondary N) is 1. The zero-order valence-corrected chi connectivity index (χ0v) is 19.3. The van der Waals surface area contributed by atoms with Crippen LogP contribution in [-0.4, -0.2) is 35.6 Å². The third-order valence-corrected chi connectivity index (χ3v) is 7.39. The van der Waals surface area contributed by atoms with E-state index in [0.717, 1.165) is 34.4 Å². The normalized spacial score (nSPS) is 19.2. The van der Waals surface area contributed by atoms with E-state index in [-0.39, 0.29) is 5.91 Å². The molecule has 6 nitrogen and oxygen atoms in total. The van der Waals surface area contributed by atoms with Crippen molar-refractivity contribution in [3.8, 4) is 6.07 Å². The molecule has 1 N–H and O–H groups in total. The lowest BCUT2D eigenvalue weighted by Gasteiger charge is -2.19. The number of hydrogen-bond acceptors (Lipinski definition) is 7. The van der Waals surface area contributed by atoms with Gasteiger partial charge in [0.15, 0.2) is 5.17 Å². The van der Waals surface area contributed by atoms with E-state index in [1.54, 1.807) is 28.8 Å². The van der Waals surface area contributed by atoms with Gasteiger partial charge in [0.2, 0.25) is 0 Å². The lowest BCUT2D eigenvalue weighted by atomic mass is 10.2. The van der Waals surface area contributed by atoms with Gasteiger partial charge in [-0.3, -0.25) is 9.69 Å². The van der Waals surface area contributed by atoms with Crippen LogP contribution in [0.25, 0.3) is 0 Å². The van der Waals surface area contributed by atoms with E-state index in [1.165, 1.54) is 11.8 Å². The van der Waals surface area contributed by atoms with Crippen LogP contribution in [-0.2, 0) is 4.79 Å². The molecule has 0 unspecified atom stereocenters. The van der Waals surface area contributed by atoms with Gasteiger partial charge in [-0.2, -0.15) is 5.26 Å². The molecule has 4 rings (SSSR count). The minimum atomic E-state index is -0.0264. The second kappa shape index (κ2) is 9.08. The third kappa shape index (κ3) is 3.91. The third-order valence-electron chi connectivity index (χ3n) is 5.01. The molecule has 2 aliphatic heterocycles. The largest absolute Gasteiger partial charge is 0.384 e. The number of amides is 1. The van der Waals surface area contributed by atoms with Crippen LogP contribution in [0, 0.1) is 11.3 Å². The summed E-state index contributed by atoms with van der Waals surface area (Å²) in [6, 6.07) is 15.8. The van der Waals surface area contributed by atoms with Crippen molar-refractivity contribution in [3.63, 3.8) is 0 Å². The molecule has 0 atom stereocenters. The molecule has 1 fully saturated rings. The average molecular weight is 450 g/mol. The number of nitriles is 1. The molecule has 0 spiro atoms. The Bertz CT molecular complexity index is 1140. The molecule has 0 aliphatic carbocycles. The van der Waals surface area contributed by atoms with E-state index in [1.807, 2.05) is 32.0 Å². The maximum atomic E-state index is 13.3. The summed E-state index contributed by atoms with van der Waals surface area (Å²) in [6.07, 6.45) is 0. The van der Waals surface area contributed by atoms with Crippen LogP contribution in [0.4, 0.5) is 17.1 Å². The minimum absolute atomic E-state index is 0.0264. The number of amidine groups is 1. The number of likely N-dealkylation sites (N-methyl/N-ethyl adjacent to an activating group) is 1. The summed E-state index contributed by atoms with van der Waals surface area (Å²) < 4.78 is 0. The Morgan fingerprint density at radius 2 is 1.84 bits per heavy atom. The molecule has 0 bridgehead atoms. The lowest BCUT2D eigenvalue weighted by Crippen LogP contribution is -2.29. The first-order chi connectivity index (χ1) is 15.1. The van der Waals surface area contributed by atoms with Crippen molar-refractivity contribution in [2.45, 2.75) is 25.7 Å². The Morgan fingerprint density at radius 1 is 1.06 bits per heavy atom. The van der Waals surface area contributed by atoms with E-state index >= 15 is 0 Å². The zero-order chi connectivity index (χ0) is 22.0. The maximum Gasteiger partial charge on any atom is 0.269 e. The van der Waals surface area contributed by atoms with Crippen LogP contribution in [0.5, 0.6) is 0 Å². The molecule has 2 heterocycles. The molecule has 2 aromatic carbocycles. The number of rotatable bonds is 5. The predicted octanol–water partition coefficient (Wildman–Crippen LogP) is 5.37. The summed E-state index contributed by atoms with van der Waals surface area (Å²) in [4.78, 5) is 23.9. The Morgan fingerprint density at radius 3 is 2.55 bits per heavy atom. The van der Waals surface area contributed by atoms with Gasteiger partial charge < -0.3 is 10.2 Å². The van der Waals surface area contributed by atoms with E-state index in [9.17, 15) is 10.1 Å². The summed E-state index contributed by atoms with van der Waals surface area (Å²) in [5.41, 5.74) is 3.18. The maximum absolute atomic E-state index is 13.3. The highest BCUT2D eigenvalue weighted by Gasteiger charge is 2.39. The van der Waals surface area contributed by atoms with Gasteiger partial charge >= 0.3 is 0 Å². The highest BCUT2D eigenvalue weighted by Crippen LogP contribution is 2.50. The molecule has 2 aromatic rings. The fourth-order valence-electron chi connectivity index (χ4n) is 3.55. The molecular formula is C23H23N5OS2. The molecule has 0 aromatic heterocycles. The quantitative estimate of drug-likeness (QED) is 0.619. The SMILES string of the molecule is CCNc1ccc(C#N)cc1N=C1SC(=C2Sc3ccccc3N2CC)C(=O)N1CC. The highest BCUT2D eigenvalue weighted by molar-refractivity contribution is 8.19. The number of fused-ring (bicyclic) bond motifs is 1. The van der Waals surface area contributed by atoms with Gasteiger partial charge in [-0.15, -0.1) is 0 Å².